The Labute approximate surface area is 121 Å². The maximum absolute atomic E-state index is 12.4. The number of amides is 2. The first-order chi connectivity index (χ1) is 8.99. The first kappa shape index (κ1) is 14.1. The summed E-state index contributed by atoms with van der Waals surface area (Å²) in [5, 5.41) is 0. The summed E-state index contributed by atoms with van der Waals surface area (Å²) in [5.74, 6) is -0.344. The molecular formula is C14H17BrN2O2. The molecule has 0 spiro atoms. The van der Waals surface area contributed by atoms with Gasteiger partial charge in [-0.15, -0.1) is 0 Å². The summed E-state index contributed by atoms with van der Waals surface area (Å²) in [5.41, 5.74) is 7.07. The average Bonchev–Trinajstić information content (AvgIpc) is 2.38. The van der Waals surface area contributed by atoms with E-state index in [2.05, 4.69) is 15.9 Å². The third-order valence-corrected chi connectivity index (χ3v) is 4.20. The minimum absolute atomic E-state index is 0.00907. The third-order valence-electron chi connectivity index (χ3n) is 3.54. The van der Waals surface area contributed by atoms with Crippen molar-refractivity contribution >= 4 is 27.7 Å². The number of carbonyl (C=O) groups is 2. The first-order valence-electron chi connectivity index (χ1n) is 6.34. The highest BCUT2D eigenvalue weighted by atomic mass is 79.9. The van der Waals surface area contributed by atoms with Crippen LogP contribution in [0.4, 0.5) is 0 Å². The molecule has 102 valence electrons. The number of nitrogens with two attached hydrogens (primary N) is 1. The van der Waals surface area contributed by atoms with Gasteiger partial charge in [0.2, 0.25) is 5.91 Å². The van der Waals surface area contributed by atoms with E-state index in [1.165, 1.54) is 0 Å². The van der Waals surface area contributed by atoms with Crippen LogP contribution in [0.15, 0.2) is 22.7 Å². The smallest absolute Gasteiger partial charge is 0.254 e. The summed E-state index contributed by atoms with van der Waals surface area (Å²) in [6, 6.07) is 5.69. The Morgan fingerprint density at radius 3 is 2.47 bits per heavy atom. The lowest BCUT2D eigenvalue weighted by Crippen LogP contribution is -2.41. The summed E-state index contributed by atoms with van der Waals surface area (Å²) in [6.45, 7) is 3.16. The fraction of sp³-hybridized carbons (Fsp3) is 0.429. The van der Waals surface area contributed by atoms with Gasteiger partial charge in [0, 0.05) is 23.5 Å². The highest BCUT2D eigenvalue weighted by Crippen LogP contribution is 2.23. The molecule has 2 rings (SSSR count). The molecule has 2 N–H and O–H groups in total. The second-order valence-corrected chi connectivity index (χ2v) is 5.81. The summed E-state index contributed by atoms with van der Waals surface area (Å²) < 4.78 is 0.814. The lowest BCUT2D eigenvalue weighted by Gasteiger charge is -2.30. The van der Waals surface area contributed by atoms with Gasteiger partial charge in [-0.3, -0.25) is 9.59 Å². The van der Waals surface area contributed by atoms with E-state index in [1.807, 2.05) is 25.1 Å². The molecule has 1 aliphatic rings. The molecule has 5 heteroatoms. The fourth-order valence-electron chi connectivity index (χ4n) is 2.33. The van der Waals surface area contributed by atoms with Crippen LogP contribution in [0.25, 0.3) is 0 Å². The van der Waals surface area contributed by atoms with E-state index in [9.17, 15) is 9.59 Å². The molecule has 0 unspecified atom stereocenters. The standard InChI is InChI=1S/C14H17BrN2O2/c1-9-2-3-11(12(15)8-9)14(19)17-6-4-10(5-7-17)13(16)18/h2-3,8,10H,4-7H2,1H3,(H2,16,18). The van der Waals surface area contributed by atoms with Crippen LogP contribution in [0.5, 0.6) is 0 Å². The summed E-state index contributed by atoms with van der Waals surface area (Å²) >= 11 is 3.43. The number of halogens is 1. The summed E-state index contributed by atoms with van der Waals surface area (Å²) in [7, 11) is 0. The lowest BCUT2D eigenvalue weighted by atomic mass is 9.96. The van der Waals surface area contributed by atoms with Gasteiger partial charge in [0.15, 0.2) is 0 Å². The van der Waals surface area contributed by atoms with E-state index in [0.717, 1.165) is 10.0 Å². The van der Waals surface area contributed by atoms with Crippen LogP contribution in [0.1, 0.15) is 28.8 Å². The van der Waals surface area contributed by atoms with Crippen LogP contribution >= 0.6 is 15.9 Å². The quantitative estimate of drug-likeness (QED) is 0.905. The van der Waals surface area contributed by atoms with Crippen molar-refractivity contribution in [3.63, 3.8) is 0 Å². The number of hydrogen-bond acceptors (Lipinski definition) is 2. The fourth-order valence-corrected chi connectivity index (χ4v) is 2.99. The largest absolute Gasteiger partial charge is 0.369 e. The Bertz CT molecular complexity index is 508. The molecule has 2 amide bonds. The number of hydrogen-bond donors (Lipinski definition) is 1. The predicted octanol–water partition coefficient (Wildman–Crippen LogP) is 2.10. The monoisotopic (exact) mass is 324 g/mol. The van der Waals surface area contributed by atoms with Gasteiger partial charge in [0.1, 0.15) is 0 Å². The topological polar surface area (TPSA) is 63.4 Å². The summed E-state index contributed by atoms with van der Waals surface area (Å²) in [6.07, 6.45) is 1.31. The SMILES string of the molecule is Cc1ccc(C(=O)N2CCC(C(N)=O)CC2)c(Br)c1. The number of primary amides is 1. The van der Waals surface area contributed by atoms with Gasteiger partial charge in [0.25, 0.3) is 5.91 Å². The molecular weight excluding hydrogens is 308 g/mol. The first-order valence-corrected chi connectivity index (χ1v) is 7.13. The van der Waals surface area contributed by atoms with Gasteiger partial charge in [-0.2, -0.15) is 0 Å². The molecule has 0 bridgehead atoms. The van der Waals surface area contributed by atoms with Crippen LogP contribution in [0.2, 0.25) is 0 Å². The Hall–Kier alpha value is -1.36. The molecule has 1 aliphatic heterocycles. The molecule has 1 fully saturated rings. The molecule has 0 aliphatic carbocycles. The Morgan fingerprint density at radius 2 is 1.95 bits per heavy atom. The zero-order valence-corrected chi connectivity index (χ0v) is 12.4. The number of carbonyl (C=O) groups excluding carboxylic acids is 2. The van der Waals surface area contributed by atoms with Crippen LogP contribution in [-0.2, 0) is 4.79 Å². The zero-order valence-electron chi connectivity index (χ0n) is 10.9. The molecule has 19 heavy (non-hydrogen) atoms. The molecule has 0 saturated carbocycles. The van der Waals surface area contributed by atoms with Crippen molar-refractivity contribution in [2.45, 2.75) is 19.8 Å². The summed E-state index contributed by atoms with van der Waals surface area (Å²) in [4.78, 5) is 25.3. The number of aryl methyl sites for hydroxylation is 1. The Balaban J connectivity index is 2.07. The van der Waals surface area contributed by atoms with Gasteiger partial charge in [-0.1, -0.05) is 6.07 Å². The van der Waals surface area contributed by atoms with Gasteiger partial charge in [-0.05, 0) is 53.4 Å². The second-order valence-electron chi connectivity index (χ2n) is 4.95. The second kappa shape index (κ2) is 5.74. The molecule has 1 heterocycles. The van der Waals surface area contributed by atoms with Gasteiger partial charge in [0.05, 0.1) is 5.56 Å². The molecule has 1 saturated heterocycles. The minimum atomic E-state index is -0.261. The van der Waals surface area contributed by atoms with E-state index < -0.39 is 0 Å². The van der Waals surface area contributed by atoms with E-state index >= 15 is 0 Å². The molecule has 0 radical (unpaired) electrons. The number of rotatable bonds is 2. The van der Waals surface area contributed by atoms with Gasteiger partial charge < -0.3 is 10.6 Å². The molecule has 0 atom stereocenters. The number of benzene rings is 1. The maximum Gasteiger partial charge on any atom is 0.254 e. The van der Waals surface area contributed by atoms with E-state index in [0.29, 0.717) is 31.5 Å². The zero-order chi connectivity index (χ0) is 14.0. The van der Waals surface area contributed by atoms with Crippen molar-refractivity contribution < 1.29 is 9.59 Å². The van der Waals surface area contributed by atoms with E-state index in [4.69, 9.17) is 5.73 Å². The number of piperidine rings is 1. The van der Waals surface area contributed by atoms with Crippen LogP contribution in [0.3, 0.4) is 0 Å². The lowest BCUT2D eigenvalue weighted by molar-refractivity contribution is -0.123. The number of likely N-dealkylation sites (tertiary alicyclic amines) is 1. The van der Waals surface area contributed by atoms with Crippen LogP contribution < -0.4 is 5.73 Å². The average molecular weight is 325 g/mol. The van der Waals surface area contributed by atoms with Crippen molar-refractivity contribution in [3.8, 4) is 0 Å². The van der Waals surface area contributed by atoms with Gasteiger partial charge in [-0.25, -0.2) is 0 Å². The van der Waals surface area contributed by atoms with Crippen molar-refractivity contribution in [1.29, 1.82) is 0 Å². The van der Waals surface area contributed by atoms with Crippen LogP contribution in [-0.4, -0.2) is 29.8 Å². The van der Waals surface area contributed by atoms with Crippen molar-refractivity contribution in [3.05, 3.63) is 33.8 Å². The highest BCUT2D eigenvalue weighted by molar-refractivity contribution is 9.10. The molecule has 1 aromatic carbocycles. The molecule has 1 aromatic rings. The van der Waals surface area contributed by atoms with E-state index in [-0.39, 0.29) is 17.7 Å². The van der Waals surface area contributed by atoms with Crippen LogP contribution in [0, 0.1) is 12.8 Å². The molecule has 0 aromatic heterocycles. The normalized spacial score (nSPS) is 16.4. The van der Waals surface area contributed by atoms with Crippen molar-refractivity contribution in [1.82, 2.24) is 4.90 Å². The third kappa shape index (κ3) is 3.15. The van der Waals surface area contributed by atoms with Crippen molar-refractivity contribution in [2.75, 3.05) is 13.1 Å². The molecule has 4 nitrogen and oxygen atoms in total. The van der Waals surface area contributed by atoms with Crippen molar-refractivity contribution in [2.24, 2.45) is 11.7 Å². The van der Waals surface area contributed by atoms with E-state index in [1.54, 1.807) is 4.90 Å². The Kier molecular flexibility index (Phi) is 4.24. The highest BCUT2D eigenvalue weighted by Gasteiger charge is 2.27. The number of nitrogens with zero attached hydrogens (tertiary/aromatic N) is 1. The Morgan fingerprint density at radius 1 is 1.32 bits per heavy atom. The maximum atomic E-state index is 12.4. The van der Waals surface area contributed by atoms with Gasteiger partial charge >= 0.3 is 0 Å². The minimum Gasteiger partial charge on any atom is -0.369 e. The predicted molar refractivity (Wildman–Crippen MR) is 76.7 cm³/mol.